The molecule has 0 saturated carbocycles. The van der Waals surface area contributed by atoms with E-state index >= 15 is 0 Å². The molecule has 0 aliphatic rings. The van der Waals surface area contributed by atoms with E-state index in [1.165, 1.54) is 11.3 Å². The average Bonchev–Trinajstić information content (AvgIpc) is 2.83. The number of thiazole rings is 1. The Morgan fingerprint density at radius 1 is 1.42 bits per heavy atom. The van der Waals surface area contributed by atoms with Crippen LogP contribution in [0.15, 0.2) is 30.5 Å². The fraction of sp³-hybridized carbons (Fsp3) is 0.231. The van der Waals surface area contributed by atoms with Crippen LogP contribution in [0.4, 0.5) is 5.13 Å². The second kappa shape index (κ2) is 5.81. The third-order valence-corrected chi connectivity index (χ3v) is 3.36. The highest BCUT2D eigenvalue weighted by Crippen LogP contribution is 2.21. The van der Waals surface area contributed by atoms with Crippen molar-refractivity contribution in [1.82, 2.24) is 4.98 Å². The molecule has 6 heteroatoms. The van der Waals surface area contributed by atoms with Crippen molar-refractivity contribution in [3.63, 3.8) is 0 Å². The molecule has 0 aliphatic carbocycles. The topological polar surface area (TPSA) is 71.5 Å². The van der Waals surface area contributed by atoms with E-state index in [0.29, 0.717) is 16.4 Å². The Bertz CT molecular complexity index is 566. The highest BCUT2D eigenvalue weighted by molar-refractivity contribution is 7.15. The van der Waals surface area contributed by atoms with Crippen LogP contribution >= 0.6 is 11.3 Å². The maximum absolute atomic E-state index is 11.9. The molecule has 2 N–H and O–H groups in total. The first kappa shape index (κ1) is 13.5. The number of carbonyl (C=O) groups is 1. The van der Waals surface area contributed by atoms with Crippen LogP contribution in [0.25, 0.3) is 0 Å². The maximum atomic E-state index is 11.9. The Morgan fingerprint density at radius 2 is 2.11 bits per heavy atom. The molecule has 0 unspecified atom stereocenters. The molecule has 0 radical (unpaired) electrons. The van der Waals surface area contributed by atoms with E-state index in [1.54, 1.807) is 37.6 Å². The number of aromatic nitrogens is 1. The molecule has 1 aromatic heterocycles. The number of aryl methyl sites for hydroxylation is 1. The number of hydrogen-bond donors (Lipinski definition) is 2. The zero-order valence-corrected chi connectivity index (χ0v) is 11.4. The Kier molecular flexibility index (Phi) is 4.13. The number of nitrogens with zero attached hydrogens (tertiary/aromatic N) is 1. The molecule has 0 aliphatic heterocycles. The first-order valence-electron chi connectivity index (χ1n) is 5.65. The van der Waals surface area contributed by atoms with Gasteiger partial charge in [0.05, 0.1) is 7.11 Å². The molecule has 2 rings (SSSR count). The van der Waals surface area contributed by atoms with Gasteiger partial charge in [0.2, 0.25) is 0 Å². The van der Waals surface area contributed by atoms with Crippen molar-refractivity contribution < 1.29 is 14.6 Å². The summed E-state index contributed by atoms with van der Waals surface area (Å²) in [4.78, 5) is 16.9. The largest absolute Gasteiger partial charge is 0.497 e. The fourth-order valence-corrected chi connectivity index (χ4v) is 2.19. The monoisotopic (exact) mass is 278 g/mol. The molecular formula is C13H14N2O3S. The summed E-state index contributed by atoms with van der Waals surface area (Å²) in [7, 11) is 1.56. The summed E-state index contributed by atoms with van der Waals surface area (Å²) >= 11 is 1.36. The van der Waals surface area contributed by atoms with Crippen LogP contribution < -0.4 is 10.1 Å². The summed E-state index contributed by atoms with van der Waals surface area (Å²) < 4.78 is 5.02. The second-order valence-corrected chi connectivity index (χ2v) is 5.18. The zero-order valence-electron chi connectivity index (χ0n) is 10.6. The highest BCUT2D eigenvalue weighted by atomic mass is 32.1. The first-order valence-corrected chi connectivity index (χ1v) is 6.47. The molecule has 1 amide bonds. The van der Waals surface area contributed by atoms with E-state index in [-0.39, 0.29) is 0 Å². The molecule has 0 bridgehead atoms. The lowest BCUT2D eigenvalue weighted by atomic mass is 10.1. The van der Waals surface area contributed by atoms with Crippen LogP contribution in [0.1, 0.15) is 16.5 Å². The Hall–Kier alpha value is -1.92. The lowest BCUT2D eigenvalue weighted by molar-refractivity contribution is -0.124. The number of benzene rings is 1. The summed E-state index contributed by atoms with van der Waals surface area (Å²) in [6.45, 7) is 1.90. The standard InChI is InChI=1S/C13H14N2O3S/c1-8-7-14-13(19-8)15-12(17)11(16)9-3-5-10(18-2)6-4-9/h3-7,11,16H,1-2H3,(H,14,15,17)/t11-/m0/s1. The Morgan fingerprint density at radius 3 is 2.63 bits per heavy atom. The van der Waals surface area contributed by atoms with E-state index < -0.39 is 12.0 Å². The molecule has 100 valence electrons. The number of aliphatic hydroxyl groups excluding tert-OH is 1. The maximum Gasteiger partial charge on any atom is 0.259 e. The van der Waals surface area contributed by atoms with Gasteiger partial charge in [0.25, 0.3) is 5.91 Å². The minimum absolute atomic E-state index is 0.482. The molecule has 0 saturated heterocycles. The van der Waals surface area contributed by atoms with Gasteiger partial charge in [-0.05, 0) is 24.6 Å². The Balaban J connectivity index is 2.05. The minimum Gasteiger partial charge on any atom is -0.497 e. The van der Waals surface area contributed by atoms with Crippen molar-refractivity contribution >= 4 is 22.4 Å². The number of aliphatic hydroxyl groups is 1. The van der Waals surface area contributed by atoms with Gasteiger partial charge in [0.15, 0.2) is 11.2 Å². The number of rotatable bonds is 4. The predicted molar refractivity (Wildman–Crippen MR) is 73.4 cm³/mol. The Labute approximate surface area is 114 Å². The molecule has 1 aromatic carbocycles. The van der Waals surface area contributed by atoms with Crippen molar-refractivity contribution in [2.75, 3.05) is 12.4 Å². The van der Waals surface area contributed by atoms with E-state index in [2.05, 4.69) is 10.3 Å². The number of anilines is 1. The van der Waals surface area contributed by atoms with Crippen LogP contribution in [0.3, 0.4) is 0 Å². The van der Waals surface area contributed by atoms with Gasteiger partial charge in [0.1, 0.15) is 5.75 Å². The van der Waals surface area contributed by atoms with Crippen LogP contribution in [-0.4, -0.2) is 23.1 Å². The smallest absolute Gasteiger partial charge is 0.259 e. The van der Waals surface area contributed by atoms with Crippen LogP contribution in [0.2, 0.25) is 0 Å². The van der Waals surface area contributed by atoms with Crippen molar-refractivity contribution in [1.29, 1.82) is 0 Å². The third kappa shape index (κ3) is 3.30. The van der Waals surface area contributed by atoms with Crippen LogP contribution in [0.5, 0.6) is 5.75 Å². The van der Waals surface area contributed by atoms with Gasteiger partial charge in [-0.3, -0.25) is 10.1 Å². The van der Waals surface area contributed by atoms with Crippen molar-refractivity contribution in [3.05, 3.63) is 40.9 Å². The van der Waals surface area contributed by atoms with Crippen molar-refractivity contribution in [2.24, 2.45) is 0 Å². The first-order chi connectivity index (χ1) is 9.10. The average molecular weight is 278 g/mol. The molecule has 0 fully saturated rings. The van der Waals surface area contributed by atoms with Crippen molar-refractivity contribution in [3.8, 4) is 5.75 Å². The van der Waals surface area contributed by atoms with E-state index in [1.807, 2.05) is 6.92 Å². The van der Waals surface area contributed by atoms with Crippen LogP contribution in [0, 0.1) is 6.92 Å². The van der Waals surface area contributed by atoms with Crippen LogP contribution in [-0.2, 0) is 4.79 Å². The van der Waals surface area contributed by atoms with Gasteiger partial charge in [-0.25, -0.2) is 4.98 Å². The minimum atomic E-state index is -1.23. The molecule has 1 atom stereocenters. The van der Waals surface area contributed by atoms with Gasteiger partial charge in [-0.2, -0.15) is 0 Å². The van der Waals surface area contributed by atoms with Crippen molar-refractivity contribution in [2.45, 2.75) is 13.0 Å². The fourth-order valence-electron chi connectivity index (χ4n) is 1.52. The number of carbonyl (C=O) groups excluding carboxylic acids is 1. The predicted octanol–water partition coefficient (Wildman–Crippen LogP) is 2.13. The normalized spacial score (nSPS) is 11.9. The quantitative estimate of drug-likeness (QED) is 0.898. The van der Waals surface area contributed by atoms with Gasteiger partial charge in [-0.15, -0.1) is 11.3 Å². The summed E-state index contributed by atoms with van der Waals surface area (Å²) in [6.07, 6.45) is 0.440. The summed E-state index contributed by atoms with van der Waals surface area (Å²) in [5.74, 6) is 0.173. The van der Waals surface area contributed by atoms with Gasteiger partial charge < -0.3 is 9.84 Å². The SMILES string of the molecule is COc1ccc([C@H](O)C(=O)Nc2ncc(C)s2)cc1. The molecule has 0 spiro atoms. The molecule has 19 heavy (non-hydrogen) atoms. The van der Waals surface area contributed by atoms with E-state index in [9.17, 15) is 9.90 Å². The highest BCUT2D eigenvalue weighted by Gasteiger charge is 2.18. The molecule has 1 heterocycles. The summed E-state index contributed by atoms with van der Waals surface area (Å²) in [5, 5.41) is 13.0. The summed E-state index contributed by atoms with van der Waals surface area (Å²) in [6, 6.07) is 6.69. The second-order valence-electron chi connectivity index (χ2n) is 3.94. The number of hydrogen-bond acceptors (Lipinski definition) is 5. The molecular weight excluding hydrogens is 264 g/mol. The molecule has 2 aromatic rings. The van der Waals surface area contributed by atoms with Gasteiger partial charge in [0, 0.05) is 11.1 Å². The molecule has 5 nitrogen and oxygen atoms in total. The zero-order chi connectivity index (χ0) is 13.8. The third-order valence-electron chi connectivity index (χ3n) is 2.53. The number of nitrogens with one attached hydrogen (secondary N) is 1. The van der Waals surface area contributed by atoms with E-state index in [4.69, 9.17) is 4.74 Å². The lowest BCUT2D eigenvalue weighted by Crippen LogP contribution is -2.20. The number of ether oxygens (including phenoxy) is 1. The number of methoxy groups -OCH3 is 1. The van der Waals surface area contributed by atoms with Gasteiger partial charge in [-0.1, -0.05) is 12.1 Å². The van der Waals surface area contributed by atoms with Gasteiger partial charge >= 0.3 is 0 Å². The van der Waals surface area contributed by atoms with E-state index in [0.717, 1.165) is 4.88 Å². The lowest BCUT2D eigenvalue weighted by Gasteiger charge is -2.10. The summed E-state index contributed by atoms with van der Waals surface area (Å²) in [5.41, 5.74) is 0.506. The number of amides is 1.